The number of carbonyl (C=O) groups is 10. The minimum atomic E-state index is -0.889. The van der Waals surface area contributed by atoms with E-state index >= 15 is 0 Å². The molecule has 0 spiro atoms. The molecule has 26 N–H and O–H groups in total. The SMILES string of the molecule is NCCCC[C@@H](N)CC(=O)N[C@H](CCn1ccc(N)nc1=O)CC(=O)N[C@@H]1CCCC[C@H]1C(=O)N[C@H](CCCCN)CC(=O)N[C@H](CCn1cnc2c(=O)[nH]c(N)nc21)CC(=O)N[C@@H]1CCCC[C@H]1C(=O)N[C@H](CCCCN)CC(=O)N[C@H](CCn1ccc(N)nc1=O)CC(=O)N[C@@H]1CCCC[C@H]1C(=O)NCCC(N)=O. The lowest BCUT2D eigenvalue weighted by Gasteiger charge is -2.33. The van der Waals surface area contributed by atoms with Crippen LogP contribution in [-0.4, -0.2) is 178 Å². The van der Waals surface area contributed by atoms with Gasteiger partial charge in [-0.2, -0.15) is 15.0 Å². The number of unbranched alkanes of at least 4 members (excludes halogenated alkanes) is 3. The summed E-state index contributed by atoms with van der Waals surface area (Å²) in [6.45, 7) is 1.48. The number of amides is 10. The Hall–Kier alpha value is -9.95. The molecule has 0 bridgehead atoms. The largest absolute Gasteiger partial charge is 0.383 e. The number of carbonyl (C=O) groups excluding carboxylic acids is 10. The summed E-state index contributed by atoms with van der Waals surface area (Å²) in [5, 5.41) is 27.1. The van der Waals surface area contributed by atoms with Crippen LogP contribution in [0.1, 0.15) is 199 Å². The van der Waals surface area contributed by atoms with E-state index in [-0.39, 0.29) is 137 Å². The molecule has 3 saturated carbocycles. The zero-order valence-electron chi connectivity index (χ0n) is 63.7. The number of aromatic amines is 1. The Balaban J connectivity index is 1.02. The Morgan fingerprint density at radius 2 is 0.838 bits per heavy atom. The Morgan fingerprint density at radius 3 is 1.25 bits per heavy atom. The maximum absolute atomic E-state index is 14.7. The Kier molecular flexibility index (Phi) is 36.6. The van der Waals surface area contributed by atoms with E-state index in [1.807, 2.05) is 0 Å². The molecule has 0 aromatic carbocycles. The van der Waals surface area contributed by atoms with E-state index in [9.17, 15) is 62.3 Å². The lowest BCUT2D eigenvalue weighted by atomic mass is 9.83. The van der Waals surface area contributed by atoms with E-state index in [1.165, 1.54) is 40.0 Å². The number of nitrogens with two attached hydrogens (primary N) is 8. The van der Waals surface area contributed by atoms with Gasteiger partial charge in [-0.05, 0) is 128 Å². The number of aromatic nitrogens is 8. The number of imidazole rings is 1. The van der Waals surface area contributed by atoms with Gasteiger partial charge < -0.3 is 98.3 Å². The molecular weight excluding hydrogens is 1430 g/mol. The average molecular weight is 1550 g/mol. The smallest absolute Gasteiger partial charge is 0.349 e. The molecule has 4 heterocycles. The first-order valence-corrected chi connectivity index (χ1v) is 39.4. The average Bonchev–Trinajstić information content (AvgIpc) is 1.67. The van der Waals surface area contributed by atoms with Crippen LogP contribution in [0.2, 0.25) is 0 Å². The van der Waals surface area contributed by atoms with E-state index in [4.69, 9.17) is 45.9 Å². The minimum Gasteiger partial charge on any atom is -0.383 e. The first-order valence-electron chi connectivity index (χ1n) is 39.4. The highest BCUT2D eigenvalue weighted by molar-refractivity contribution is 5.87. The normalized spacial score (nSPS) is 19.4. The summed E-state index contributed by atoms with van der Waals surface area (Å²) in [6.07, 6.45) is 15.5. The van der Waals surface area contributed by atoms with E-state index in [2.05, 4.69) is 72.8 Å². The lowest BCUT2D eigenvalue weighted by molar-refractivity contribution is -0.131. The molecule has 38 nitrogen and oxygen atoms in total. The zero-order valence-corrected chi connectivity index (χ0v) is 63.7. The number of aryl methyl sites for hydroxylation is 3. The Labute approximate surface area is 644 Å². The zero-order chi connectivity index (χ0) is 80.4. The fraction of sp³-hybridized carbons (Fsp3) is 0.685. The minimum absolute atomic E-state index is 0.00164. The highest BCUT2D eigenvalue weighted by atomic mass is 16.2. The first-order chi connectivity index (χ1) is 53.3. The summed E-state index contributed by atoms with van der Waals surface area (Å²) < 4.78 is 4.21. The summed E-state index contributed by atoms with van der Waals surface area (Å²) >= 11 is 0. The van der Waals surface area contributed by atoms with Gasteiger partial charge in [-0.25, -0.2) is 14.6 Å². The van der Waals surface area contributed by atoms with E-state index in [0.29, 0.717) is 129 Å². The number of hydrogen-bond acceptors (Lipinski definition) is 24. The van der Waals surface area contributed by atoms with Crippen molar-refractivity contribution < 1.29 is 47.9 Å². The summed E-state index contributed by atoms with van der Waals surface area (Å²) in [4.78, 5) is 196. The molecule has 111 heavy (non-hydrogen) atoms. The first kappa shape index (κ1) is 88.3. The van der Waals surface area contributed by atoms with Gasteiger partial charge >= 0.3 is 11.4 Å². The molecule has 614 valence electrons. The summed E-state index contributed by atoms with van der Waals surface area (Å²) in [7, 11) is 0. The van der Waals surface area contributed by atoms with Crippen LogP contribution in [0.25, 0.3) is 11.2 Å². The molecule has 4 aromatic rings. The van der Waals surface area contributed by atoms with Crippen molar-refractivity contribution in [2.24, 2.45) is 46.4 Å². The van der Waals surface area contributed by atoms with Gasteiger partial charge in [-0.15, -0.1) is 0 Å². The fourth-order valence-corrected chi connectivity index (χ4v) is 15.0. The molecule has 0 aliphatic heterocycles. The van der Waals surface area contributed by atoms with Crippen molar-refractivity contribution >= 4 is 87.8 Å². The Morgan fingerprint density at radius 1 is 0.459 bits per heavy atom. The van der Waals surface area contributed by atoms with Gasteiger partial charge in [0, 0.05) is 138 Å². The maximum Gasteiger partial charge on any atom is 0.349 e. The topological polar surface area (TPSA) is 620 Å². The Bertz CT molecular complexity index is 3920. The monoisotopic (exact) mass is 1550 g/mol. The predicted octanol–water partition coefficient (Wildman–Crippen LogP) is -1.95. The van der Waals surface area contributed by atoms with Gasteiger partial charge in [0.15, 0.2) is 11.2 Å². The highest BCUT2D eigenvalue weighted by Gasteiger charge is 2.38. The third-order valence-corrected chi connectivity index (χ3v) is 20.9. The van der Waals surface area contributed by atoms with Crippen LogP contribution in [-0.2, 0) is 67.6 Å². The van der Waals surface area contributed by atoms with Crippen LogP contribution in [0.5, 0.6) is 0 Å². The van der Waals surface area contributed by atoms with Crippen molar-refractivity contribution in [1.29, 1.82) is 0 Å². The van der Waals surface area contributed by atoms with Crippen LogP contribution >= 0.6 is 0 Å². The molecule has 7 rings (SSSR count). The summed E-state index contributed by atoms with van der Waals surface area (Å²) in [5.74, 6) is -6.53. The number of hydrogen-bond donors (Lipinski definition) is 18. The van der Waals surface area contributed by atoms with E-state index < -0.39 is 130 Å². The number of rotatable bonds is 47. The molecule has 0 radical (unpaired) electrons. The maximum atomic E-state index is 14.7. The molecule has 3 aliphatic rings. The lowest BCUT2D eigenvalue weighted by Crippen LogP contribution is -2.52. The number of H-pyrrole nitrogens is 1. The third kappa shape index (κ3) is 30.3. The van der Waals surface area contributed by atoms with Crippen molar-refractivity contribution in [3.8, 4) is 0 Å². The molecular formula is C73H119N25O13. The number of nitrogens with zero attached hydrogens (tertiary/aromatic N) is 7. The van der Waals surface area contributed by atoms with Crippen molar-refractivity contribution in [3.05, 3.63) is 62.2 Å². The van der Waals surface area contributed by atoms with Crippen LogP contribution in [0.15, 0.2) is 45.2 Å². The second-order valence-electron chi connectivity index (χ2n) is 29.8. The number of nitrogens with one attached hydrogen (secondary N) is 10. The van der Waals surface area contributed by atoms with Gasteiger partial charge in [0.2, 0.25) is 65.0 Å². The molecule has 12 atom stereocenters. The number of primary amides is 1. The number of fused-ring (bicyclic) bond motifs is 1. The highest BCUT2D eigenvalue weighted by Crippen LogP contribution is 2.29. The second kappa shape index (κ2) is 46.0. The van der Waals surface area contributed by atoms with Crippen molar-refractivity contribution in [1.82, 2.24) is 86.5 Å². The van der Waals surface area contributed by atoms with Crippen LogP contribution < -0.4 is 111 Å². The molecule has 0 saturated heterocycles. The van der Waals surface area contributed by atoms with Gasteiger partial charge in [0.25, 0.3) is 5.56 Å². The second-order valence-corrected chi connectivity index (χ2v) is 29.8. The van der Waals surface area contributed by atoms with E-state index in [0.717, 1.165) is 25.7 Å². The molecule has 3 aliphatic carbocycles. The summed E-state index contributed by atoms with van der Waals surface area (Å²) in [5.41, 5.74) is 44.9. The molecule has 0 unspecified atom stereocenters. The van der Waals surface area contributed by atoms with Crippen LogP contribution in [0.4, 0.5) is 17.6 Å². The number of nitrogen functional groups attached to an aromatic ring is 3. The molecule has 10 amide bonds. The summed E-state index contributed by atoms with van der Waals surface area (Å²) in [6, 6.07) is -3.27. The van der Waals surface area contributed by atoms with Crippen LogP contribution in [0.3, 0.4) is 0 Å². The van der Waals surface area contributed by atoms with Gasteiger partial charge in [-0.1, -0.05) is 57.8 Å². The van der Waals surface area contributed by atoms with Crippen molar-refractivity contribution in [3.63, 3.8) is 0 Å². The molecule has 38 heteroatoms. The van der Waals surface area contributed by atoms with Crippen molar-refractivity contribution in [2.45, 2.75) is 273 Å². The standard InChI is InChI=1S/C73H119N25O13/c74-28-10-7-13-44(77)37-59(100)84-47(23-32-96-35-26-56(78)92-72(96)110)40-63(104)90-54-20-5-2-17-51(54)68(107)88-46(15-9-12-30-76)39-61(102)86-49(25-34-98-43-83-65-66(98)94-71(81)95-70(65)109)42-64(105)91-55-21-6-3-18-52(55)69(108)87-45(14-8-11-29-75)38-60(101)85-48(24-33-97-36-27-57(79)93-73(97)111)41-62(103)89-53-19-4-1-16-50(53)67(106)82-31-22-58(80)99/h26-27,35-36,43-55H,1-25,28-34,37-42,74-77H2,(H2,80,99)(H,82,106)(H,84,100)(H,85,101)(H,86,102)(H,87,108)(H,88,107)(H,89,103)(H,90,104)(H,91,105)(H2,78,92,110)(H2,79,93,111)(H3,81,94,95,109)/t44-,45-,46-,47-,48-,49-,50-,51-,52-,53-,54-,55-/m1/s1. The molecule has 4 aromatic heterocycles. The molecule has 3 fully saturated rings. The van der Waals surface area contributed by atoms with Gasteiger partial charge in [0.05, 0.1) is 24.1 Å². The van der Waals surface area contributed by atoms with Crippen LogP contribution in [0, 0.1) is 17.8 Å². The fourth-order valence-electron chi connectivity index (χ4n) is 15.0. The quantitative estimate of drug-likeness (QED) is 0.0214. The predicted molar refractivity (Wildman–Crippen MR) is 415 cm³/mol. The van der Waals surface area contributed by atoms with Crippen molar-refractivity contribution in [2.75, 3.05) is 43.4 Å². The third-order valence-electron chi connectivity index (χ3n) is 20.9. The van der Waals surface area contributed by atoms with Gasteiger partial charge in [-0.3, -0.25) is 66.9 Å². The van der Waals surface area contributed by atoms with E-state index in [1.54, 1.807) is 4.57 Å². The van der Waals surface area contributed by atoms with Gasteiger partial charge in [0.1, 0.15) is 11.6 Å². The number of anilines is 3.